The van der Waals surface area contributed by atoms with Crippen LogP contribution in [-0.2, 0) is 12.0 Å². The summed E-state index contributed by atoms with van der Waals surface area (Å²) in [6.45, 7) is 10.8. The molecule has 17 heavy (non-hydrogen) atoms. The van der Waals surface area contributed by atoms with Gasteiger partial charge in [-0.3, -0.25) is 4.90 Å². The lowest BCUT2D eigenvalue weighted by atomic mass is 9.93. The molecule has 3 nitrogen and oxygen atoms in total. The van der Waals surface area contributed by atoms with Gasteiger partial charge in [-0.15, -0.1) is 11.3 Å². The van der Waals surface area contributed by atoms with Crippen LogP contribution >= 0.6 is 11.3 Å². The molecule has 0 aromatic carbocycles. The lowest BCUT2D eigenvalue weighted by molar-refractivity contribution is 0.317. The van der Waals surface area contributed by atoms with Gasteiger partial charge in [-0.05, 0) is 25.4 Å². The predicted molar refractivity (Wildman–Crippen MR) is 73.3 cm³/mol. The van der Waals surface area contributed by atoms with Crippen molar-refractivity contribution in [2.75, 3.05) is 19.6 Å². The summed E-state index contributed by atoms with van der Waals surface area (Å²) in [5.41, 5.74) is 7.09. The maximum absolute atomic E-state index is 5.71. The third-order valence-electron chi connectivity index (χ3n) is 3.38. The molecule has 4 heteroatoms. The molecule has 96 valence electrons. The van der Waals surface area contributed by atoms with Crippen LogP contribution in [0.2, 0.25) is 0 Å². The highest BCUT2D eigenvalue weighted by atomic mass is 32.1. The zero-order chi connectivity index (χ0) is 12.5. The smallest absolute Gasteiger partial charge is 0.107 e. The highest BCUT2D eigenvalue weighted by molar-refractivity contribution is 7.09. The molecule has 1 aliphatic rings. The van der Waals surface area contributed by atoms with E-state index in [9.17, 15) is 0 Å². The van der Waals surface area contributed by atoms with E-state index in [4.69, 9.17) is 10.7 Å². The first-order valence-electron chi connectivity index (χ1n) is 6.36. The second kappa shape index (κ2) is 5.04. The van der Waals surface area contributed by atoms with Crippen molar-refractivity contribution in [1.82, 2.24) is 9.88 Å². The van der Waals surface area contributed by atoms with Crippen LogP contribution in [0.25, 0.3) is 0 Å². The van der Waals surface area contributed by atoms with Crippen molar-refractivity contribution >= 4 is 11.3 Å². The molecular formula is C13H23N3S. The van der Waals surface area contributed by atoms with Gasteiger partial charge in [0.15, 0.2) is 0 Å². The van der Waals surface area contributed by atoms with Crippen molar-refractivity contribution in [1.29, 1.82) is 0 Å². The van der Waals surface area contributed by atoms with Crippen molar-refractivity contribution < 1.29 is 0 Å². The summed E-state index contributed by atoms with van der Waals surface area (Å²) >= 11 is 1.79. The molecule has 1 saturated heterocycles. The van der Waals surface area contributed by atoms with E-state index >= 15 is 0 Å². The third kappa shape index (κ3) is 3.27. The summed E-state index contributed by atoms with van der Waals surface area (Å²) in [5, 5.41) is 3.44. The number of thiazole rings is 1. The lowest BCUT2D eigenvalue weighted by Gasteiger charge is -2.15. The van der Waals surface area contributed by atoms with Gasteiger partial charge in [-0.25, -0.2) is 4.98 Å². The van der Waals surface area contributed by atoms with Gasteiger partial charge in [0.2, 0.25) is 0 Å². The fourth-order valence-electron chi connectivity index (χ4n) is 2.17. The fraction of sp³-hybridized carbons (Fsp3) is 0.769. The molecule has 2 rings (SSSR count). The van der Waals surface area contributed by atoms with Gasteiger partial charge >= 0.3 is 0 Å². The lowest BCUT2D eigenvalue weighted by Crippen LogP contribution is -2.23. The second-order valence-corrected chi connectivity index (χ2v) is 6.94. The van der Waals surface area contributed by atoms with Gasteiger partial charge in [-0.2, -0.15) is 0 Å². The monoisotopic (exact) mass is 253 g/mol. The Kier molecular flexibility index (Phi) is 3.85. The van der Waals surface area contributed by atoms with Crippen LogP contribution in [0.3, 0.4) is 0 Å². The van der Waals surface area contributed by atoms with Crippen LogP contribution in [0.4, 0.5) is 0 Å². The van der Waals surface area contributed by atoms with Gasteiger partial charge in [0.05, 0.1) is 12.2 Å². The van der Waals surface area contributed by atoms with Gasteiger partial charge in [0.25, 0.3) is 0 Å². The number of hydrogen-bond donors (Lipinski definition) is 1. The molecule has 1 fully saturated rings. The first-order chi connectivity index (χ1) is 7.99. The van der Waals surface area contributed by atoms with Crippen molar-refractivity contribution in [2.45, 2.75) is 39.2 Å². The Morgan fingerprint density at radius 3 is 2.82 bits per heavy atom. The number of rotatable bonds is 3. The number of nitrogens with two attached hydrogens (primary N) is 1. The maximum atomic E-state index is 5.71. The predicted octanol–water partition coefficient (Wildman–Crippen LogP) is 2.22. The first kappa shape index (κ1) is 13.0. The minimum Gasteiger partial charge on any atom is -0.330 e. The molecule has 0 radical (unpaired) electrons. The molecule has 1 atom stereocenters. The Bertz CT molecular complexity index is 367. The van der Waals surface area contributed by atoms with E-state index in [0.29, 0.717) is 5.92 Å². The zero-order valence-corrected chi connectivity index (χ0v) is 11.9. The van der Waals surface area contributed by atoms with E-state index in [0.717, 1.165) is 19.6 Å². The summed E-state index contributed by atoms with van der Waals surface area (Å²) in [6, 6.07) is 0. The van der Waals surface area contributed by atoms with E-state index in [-0.39, 0.29) is 5.41 Å². The summed E-state index contributed by atoms with van der Waals surface area (Å²) in [6.07, 6.45) is 1.24. The van der Waals surface area contributed by atoms with Crippen molar-refractivity contribution in [2.24, 2.45) is 11.7 Å². The molecule has 1 unspecified atom stereocenters. The number of nitrogens with zero attached hydrogens (tertiary/aromatic N) is 2. The topological polar surface area (TPSA) is 42.1 Å². The Labute approximate surface area is 108 Å². The zero-order valence-electron chi connectivity index (χ0n) is 11.1. The van der Waals surface area contributed by atoms with Gasteiger partial charge in [0.1, 0.15) is 5.01 Å². The molecule has 1 aromatic heterocycles. The van der Waals surface area contributed by atoms with Crippen LogP contribution in [-0.4, -0.2) is 29.5 Å². The molecule has 1 aromatic rings. The Morgan fingerprint density at radius 2 is 2.29 bits per heavy atom. The molecule has 0 amide bonds. The maximum Gasteiger partial charge on any atom is 0.107 e. The van der Waals surface area contributed by atoms with Crippen molar-refractivity contribution in [3.63, 3.8) is 0 Å². The van der Waals surface area contributed by atoms with Gasteiger partial charge < -0.3 is 5.73 Å². The van der Waals surface area contributed by atoms with E-state index in [2.05, 4.69) is 31.1 Å². The number of likely N-dealkylation sites (tertiary alicyclic amines) is 1. The average Bonchev–Trinajstić information content (AvgIpc) is 2.86. The second-order valence-electron chi connectivity index (χ2n) is 6.00. The van der Waals surface area contributed by atoms with Gasteiger partial charge in [-0.1, -0.05) is 20.8 Å². The Morgan fingerprint density at radius 1 is 1.53 bits per heavy atom. The SMILES string of the molecule is CC(C)(C)c1csc(CN2CCC(CN)C2)n1. The average molecular weight is 253 g/mol. The van der Waals surface area contributed by atoms with Gasteiger partial charge in [0, 0.05) is 17.3 Å². The molecule has 2 heterocycles. The molecule has 1 aliphatic heterocycles. The van der Waals surface area contributed by atoms with Crippen LogP contribution in [0.5, 0.6) is 0 Å². The highest BCUT2D eigenvalue weighted by Gasteiger charge is 2.23. The first-order valence-corrected chi connectivity index (χ1v) is 7.24. The Hall–Kier alpha value is -0.450. The minimum absolute atomic E-state index is 0.166. The molecule has 0 spiro atoms. The standard InChI is InChI=1S/C13H23N3S/c1-13(2,3)11-9-17-12(15-11)8-16-5-4-10(6-14)7-16/h9-10H,4-8,14H2,1-3H3. The molecule has 0 bridgehead atoms. The molecular weight excluding hydrogens is 230 g/mol. The quantitative estimate of drug-likeness (QED) is 0.898. The Balaban J connectivity index is 1.94. The normalized spacial score (nSPS) is 22.2. The van der Waals surface area contributed by atoms with E-state index in [1.54, 1.807) is 11.3 Å². The molecule has 0 saturated carbocycles. The summed E-state index contributed by atoms with van der Waals surface area (Å²) < 4.78 is 0. The molecule has 0 aliphatic carbocycles. The van der Waals surface area contributed by atoms with Crippen LogP contribution in [0, 0.1) is 5.92 Å². The van der Waals surface area contributed by atoms with E-state index in [1.807, 2.05) is 0 Å². The minimum atomic E-state index is 0.166. The van der Waals surface area contributed by atoms with Crippen molar-refractivity contribution in [3.8, 4) is 0 Å². The third-order valence-corrected chi connectivity index (χ3v) is 4.22. The van der Waals surface area contributed by atoms with Crippen LogP contribution < -0.4 is 5.73 Å². The van der Waals surface area contributed by atoms with Crippen LogP contribution in [0.1, 0.15) is 37.9 Å². The van der Waals surface area contributed by atoms with Crippen LogP contribution in [0.15, 0.2) is 5.38 Å². The summed E-state index contributed by atoms with van der Waals surface area (Å²) in [5.74, 6) is 0.692. The largest absolute Gasteiger partial charge is 0.330 e. The summed E-state index contributed by atoms with van der Waals surface area (Å²) in [4.78, 5) is 7.22. The number of aromatic nitrogens is 1. The molecule has 2 N–H and O–H groups in total. The highest BCUT2D eigenvalue weighted by Crippen LogP contribution is 2.25. The van der Waals surface area contributed by atoms with E-state index < -0.39 is 0 Å². The fourth-order valence-corrected chi connectivity index (χ4v) is 3.23. The van der Waals surface area contributed by atoms with E-state index in [1.165, 1.54) is 23.7 Å². The van der Waals surface area contributed by atoms with Crippen molar-refractivity contribution in [3.05, 3.63) is 16.1 Å². The summed E-state index contributed by atoms with van der Waals surface area (Å²) in [7, 11) is 0. The number of hydrogen-bond acceptors (Lipinski definition) is 4.